The molecule has 4 heteroatoms. The fraction of sp³-hybridized carbons (Fsp3) is 0.889. The molecule has 1 saturated carbocycles. The van der Waals surface area contributed by atoms with Crippen LogP contribution in [-0.2, 0) is 4.74 Å². The number of hydrogen-bond donors (Lipinski definition) is 1. The summed E-state index contributed by atoms with van der Waals surface area (Å²) in [5, 5.41) is 0. The normalized spacial score (nSPS) is 30.3. The van der Waals surface area contributed by atoms with Crippen LogP contribution in [0.2, 0.25) is 0 Å². The van der Waals surface area contributed by atoms with Crippen LogP contribution in [0.25, 0.3) is 0 Å². The van der Waals surface area contributed by atoms with Gasteiger partial charge in [-0.05, 0) is 25.7 Å². The summed E-state index contributed by atoms with van der Waals surface area (Å²) in [4.78, 5) is 13.1. The van der Waals surface area contributed by atoms with Crippen molar-refractivity contribution in [2.75, 3.05) is 13.7 Å². The van der Waals surface area contributed by atoms with Crippen molar-refractivity contribution in [3.8, 4) is 0 Å². The molecule has 1 heterocycles. The third kappa shape index (κ3) is 1.39. The van der Waals surface area contributed by atoms with Gasteiger partial charge >= 0.3 is 6.09 Å². The van der Waals surface area contributed by atoms with Crippen molar-refractivity contribution < 1.29 is 9.53 Å². The average molecular weight is 184 g/mol. The Hall–Kier alpha value is -0.770. The van der Waals surface area contributed by atoms with Gasteiger partial charge in [-0.3, -0.25) is 0 Å². The fourth-order valence-electron chi connectivity index (χ4n) is 2.18. The molecule has 1 atom stereocenters. The quantitative estimate of drug-likeness (QED) is 0.653. The molecule has 0 aromatic heterocycles. The molecule has 2 aliphatic rings. The molecule has 2 rings (SSSR count). The summed E-state index contributed by atoms with van der Waals surface area (Å²) in [7, 11) is 1.42. The zero-order valence-corrected chi connectivity index (χ0v) is 7.95. The van der Waals surface area contributed by atoms with Crippen LogP contribution >= 0.6 is 0 Å². The number of likely N-dealkylation sites (tertiary alicyclic amines) is 1. The molecule has 1 saturated heterocycles. The summed E-state index contributed by atoms with van der Waals surface area (Å²) >= 11 is 0. The molecule has 1 aliphatic heterocycles. The lowest BCUT2D eigenvalue weighted by Crippen LogP contribution is -2.48. The lowest BCUT2D eigenvalue weighted by Gasteiger charge is -2.28. The van der Waals surface area contributed by atoms with Crippen LogP contribution < -0.4 is 5.73 Å². The molecule has 4 nitrogen and oxygen atoms in total. The minimum atomic E-state index is -0.223. The summed E-state index contributed by atoms with van der Waals surface area (Å²) < 4.78 is 4.72. The second-order valence-electron chi connectivity index (χ2n) is 4.05. The van der Waals surface area contributed by atoms with Gasteiger partial charge in [0.25, 0.3) is 0 Å². The first-order valence-corrected chi connectivity index (χ1v) is 4.81. The van der Waals surface area contributed by atoms with Crippen molar-refractivity contribution in [2.45, 2.75) is 37.3 Å². The number of ether oxygens (including phenoxy) is 1. The Morgan fingerprint density at radius 1 is 1.62 bits per heavy atom. The zero-order chi connectivity index (χ0) is 9.47. The van der Waals surface area contributed by atoms with Crippen molar-refractivity contribution >= 4 is 6.09 Å². The molecule has 0 bridgehead atoms. The number of methoxy groups -OCH3 is 1. The van der Waals surface area contributed by atoms with E-state index in [-0.39, 0.29) is 17.7 Å². The molecular formula is C9H16N2O2. The molecule has 0 unspecified atom stereocenters. The minimum absolute atomic E-state index is 0.0926. The van der Waals surface area contributed by atoms with E-state index in [0.29, 0.717) is 0 Å². The monoisotopic (exact) mass is 184 g/mol. The Labute approximate surface area is 78.0 Å². The highest BCUT2D eigenvalue weighted by molar-refractivity contribution is 5.68. The van der Waals surface area contributed by atoms with Crippen molar-refractivity contribution in [1.29, 1.82) is 0 Å². The number of carbonyl (C=O) groups is 1. The van der Waals surface area contributed by atoms with E-state index in [1.165, 1.54) is 7.11 Å². The summed E-state index contributed by atoms with van der Waals surface area (Å²) in [6, 6.07) is 0.222. The Bertz CT molecular complexity index is 226. The minimum Gasteiger partial charge on any atom is -0.453 e. The molecule has 0 aromatic carbocycles. The summed E-state index contributed by atoms with van der Waals surface area (Å²) in [5.74, 6) is 0. The van der Waals surface area contributed by atoms with E-state index in [4.69, 9.17) is 10.5 Å². The maximum atomic E-state index is 11.3. The van der Waals surface area contributed by atoms with E-state index in [2.05, 4.69) is 0 Å². The number of amides is 1. The molecule has 2 N–H and O–H groups in total. The topological polar surface area (TPSA) is 55.6 Å². The lowest BCUT2D eigenvalue weighted by molar-refractivity contribution is 0.111. The Morgan fingerprint density at radius 2 is 2.31 bits per heavy atom. The van der Waals surface area contributed by atoms with Crippen LogP contribution in [0.1, 0.15) is 25.7 Å². The van der Waals surface area contributed by atoms with Gasteiger partial charge in [0.15, 0.2) is 0 Å². The van der Waals surface area contributed by atoms with Crippen LogP contribution in [0.5, 0.6) is 0 Å². The summed E-state index contributed by atoms with van der Waals surface area (Å²) in [6.07, 6.45) is 3.96. The molecular weight excluding hydrogens is 168 g/mol. The molecule has 0 radical (unpaired) electrons. The Balaban J connectivity index is 2.06. The standard InChI is InChI=1S/C9H16N2O2/c1-13-8(12)11-6-2-3-7(11)9(10)4-5-9/h7H,2-6,10H2,1H3/t7-/m0/s1. The van der Waals surface area contributed by atoms with Gasteiger partial charge in [0.1, 0.15) is 0 Å². The molecule has 0 spiro atoms. The molecule has 1 amide bonds. The van der Waals surface area contributed by atoms with E-state index in [1.54, 1.807) is 4.90 Å². The van der Waals surface area contributed by atoms with Gasteiger partial charge in [0, 0.05) is 12.1 Å². The van der Waals surface area contributed by atoms with Gasteiger partial charge in [-0.2, -0.15) is 0 Å². The summed E-state index contributed by atoms with van der Waals surface area (Å²) in [5.41, 5.74) is 5.99. The van der Waals surface area contributed by atoms with Crippen LogP contribution in [0, 0.1) is 0 Å². The van der Waals surface area contributed by atoms with Crippen LogP contribution in [0.3, 0.4) is 0 Å². The van der Waals surface area contributed by atoms with E-state index in [1.807, 2.05) is 0 Å². The van der Waals surface area contributed by atoms with Crippen molar-refractivity contribution in [1.82, 2.24) is 4.90 Å². The number of nitrogens with two attached hydrogens (primary N) is 1. The SMILES string of the molecule is COC(=O)N1CCC[C@H]1C1(N)CC1. The third-order valence-electron chi connectivity index (χ3n) is 3.15. The molecule has 2 fully saturated rings. The summed E-state index contributed by atoms with van der Waals surface area (Å²) in [6.45, 7) is 0.802. The third-order valence-corrected chi connectivity index (χ3v) is 3.15. The van der Waals surface area contributed by atoms with Crippen LogP contribution in [0.15, 0.2) is 0 Å². The Kier molecular flexibility index (Phi) is 1.95. The fourth-order valence-corrected chi connectivity index (χ4v) is 2.18. The predicted molar refractivity (Wildman–Crippen MR) is 48.3 cm³/mol. The number of nitrogens with zero attached hydrogens (tertiary/aromatic N) is 1. The maximum Gasteiger partial charge on any atom is 0.409 e. The lowest BCUT2D eigenvalue weighted by atomic mass is 10.1. The van der Waals surface area contributed by atoms with Gasteiger partial charge < -0.3 is 15.4 Å². The number of hydrogen-bond acceptors (Lipinski definition) is 3. The van der Waals surface area contributed by atoms with E-state index in [9.17, 15) is 4.79 Å². The zero-order valence-electron chi connectivity index (χ0n) is 7.95. The molecule has 0 aromatic rings. The van der Waals surface area contributed by atoms with Crippen LogP contribution in [0.4, 0.5) is 4.79 Å². The van der Waals surface area contributed by atoms with Gasteiger partial charge in [-0.25, -0.2) is 4.79 Å². The van der Waals surface area contributed by atoms with E-state index < -0.39 is 0 Å². The predicted octanol–water partition coefficient (Wildman–Crippen LogP) is 0.709. The van der Waals surface area contributed by atoms with Crippen molar-refractivity contribution in [2.24, 2.45) is 5.73 Å². The highest BCUT2D eigenvalue weighted by Gasteiger charge is 2.51. The van der Waals surface area contributed by atoms with Gasteiger partial charge in [-0.15, -0.1) is 0 Å². The highest BCUT2D eigenvalue weighted by atomic mass is 16.5. The number of rotatable bonds is 1. The average Bonchev–Trinajstić information content (AvgIpc) is 2.71. The molecule has 13 heavy (non-hydrogen) atoms. The number of carbonyl (C=O) groups excluding carboxylic acids is 1. The van der Waals surface area contributed by atoms with Gasteiger partial charge in [0.2, 0.25) is 0 Å². The maximum absolute atomic E-state index is 11.3. The first-order valence-electron chi connectivity index (χ1n) is 4.81. The first kappa shape index (κ1) is 8.81. The second kappa shape index (κ2) is 2.87. The van der Waals surface area contributed by atoms with Crippen molar-refractivity contribution in [3.63, 3.8) is 0 Å². The molecule has 74 valence electrons. The van der Waals surface area contributed by atoms with E-state index >= 15 is 0 Å². The van der Waals surface area contributed by atoms with Crippen LogP contribution in [-0.4, -0.2) is 36.2 Å². The largest absolute Gasteiger partial charge is 0.453 e. The van der Waals surface area contributed by atoms with E-state index in [0.717, 1.165) is 32.2 Å². The first-order chi connectivity index (χ1) is 6.17. The van der Waals surface area contributed by atoms with Crippen molar-refractivity contribution in [3.05, 3.63) is 0 Å². The smallest absolute Gasteiger partial charge is 0.409 e. The highest BCUT2D eigenvalue weighted by Crippen LogP contribution is 2.42. The van der Waals surface area contributed by atoms with Gasteiger partial charge in [-0.1, -0.05) is 0 Å². The Morgan fingerprint density at radius 3 is 2.85 bits per heavy atom. The second-order valence-corrected chi connectivity index (χ2v) is 4.05. The molecule has 1 aliphatic carbocycles. The van der Waals surface area contributed by atoms with Gasteiger partial charge in [0.05, 0.1) is 13.2 Å².